The molecule has 0 aliphatic heterocycles. The molecule has 0 saturated carbocycles. The van der Waals surface area contributed by atoms with Crippen molar-refractivity contribution >= 4 is 5.91 Å². The number of carbonyl (C=O) groups excluding carboxylic acids is 1. The number of ether oxygens (including phenoxy) is 1. The van der Waals surface area contributed by atoms with Gasteiger partial charge < -0.3 is 15.4 Å². The van der Waals surface area contributed by atoms with Crippen molar-refractivity contribution in [2.45, 2.75) is 38.8 Å². The molecule has 0 unspecified atom stereocenters. The first-order valence-corrected chi connectivity index (χ1v) is 10.3. The Balaban J connectivity index is 1.14. The Kier molecular flexibility index (Phi) is 6.39. The van der Waals surface area contributed by atoms with Gasteiger partial charge in [0.25, 0.3) is 5.91 Å². The minimum absolute atomic E-state index is 0.0774. The normalized spacial score (nSPS) is 13.2. The zero-order valence-corrected chi connectivity index (χ0v) is 17.1. The first-order chi connectivity index (χ1) is 14.7. The maximum absolute atomic E-state index is 12.3. The maximum atomic E-state index is 12.3. The number of benzene rings is 2. The first-order valence-electron chi connectivity index (χ1n) is 10.3. The zero-order valence-electron chi connectivity index (χ0n) is 17.1. The highest BCUT2D eigenvalue weighted by molar-refractivity contribution is 5.94. The van der Waals surface area contributed by atoms with Crippen molar-refractivity contribution in [2.24, 2.45) is 0 Å². The monoisotopic (exact) mass is 406 g/mol. The minimum Gasteiger partial charge on any atom is -0.487 e. The van der Waals surface area contributed by atoms with Gasteiger partial charge in [-0.15, -0.1) is 0 Å². The topological polar surface area (TPSA) is 89.3 Å². The van der Waals surface area contributed by atoms with E-state index in [1.165, 1.54) is 11.1 Å². The molecule has 0 saturated heterocycles. The Morgan fingerprint density at radius 1 is 1.07 bits per heavy atom. The van der Waals surface area contributed by atoms with Gasteiger partial charge in [0.2, 0.25) is 0 Å². The summed E-state index contributed by atoms with van der Waals surface area (Å²) in [6.45, 7) is 3.62. The number of rotatable bonds is 9. The van der Waals surface area contributed by atoms with Gasteiger partial charge in [0.15, 0.2) is 0 Å². The van der Waals surface area contributed by atoms with E-state index in [4.69, 9.17) is 4.74 Å². The molecule has 0 bridgehead atoms. The summed E-state index contributed by atoms with van der Waals surface area (Å²) in [6, 6.07) is 16.2. The van der Waals surface area contributed by atoms with Gasteiger partial charge in [0, 0.05) is 18.2 Å². The van der Waals surface area contributed by atoms with Crippen LogP contribution in [0.3, 0.4) is 0 Å². The van der Waals surface area contributed by atoms with Crippen LogP contribution in [0.2, 0.25) is 0 Å². The smallest absolute Gasteiger partial charge is 0.251 e. The van der Waals surface area contributed by atoms with Crippen LogP contribution in [0.25, 0.3) is 0 Å². The van der Waals surface area contributed by atoms with Crippen molar-refractivity contribution in [3.05, 3.63) is 76.6 Å². The third-order valence-corrected chi connectivity index (χ3v) is 5.36. The fourth-order valence-corrected chi connectivity index (χ4v) is 3.64. The van der Waals surface area contributed by atoms with Gasteiger partial charge in [0.1, 0.15) is 23.7 Å². The average Bonchev–Trinajstić information content (AvgIpc) is 3.37. The fraction of sp³-hybridized carbons (Fsp3) is 0.348. The minimum atomic E-state index is -0.0774. The van der Waals surface area contributed by atoms with E-state index in [0.29, 0.717) is 35.3 Å². The summed E-state index contributed by atoms with van der Waals surface area (Å²) in [5.41, 5.74) is 4.87. The SMILES string of the molecule is Cc1nonc1COc1ccc(C(=O)NCCCNC2Cc3ccccc3C2)cc1. The summed E-state index contributed by atoms with van der Waals surface area (Å²) in [7, 11) is 0. The molecule has 3 aromatic rings. The molecule has 4 rings (SSSR count). The summed E-state index contributed by atoms with van der Waals surface area (Å²) < 4.78 is 10.3. The van der Waals surface area contributed by atoms with Crippen LogP contribution in [0.15, 0.2) is 53.2 Å². The van der Waals surface area contributed by atoms with Gasteiger partial charge in [-0.25, -0.2) is 4.63 Å². The van der Waals surface area contributed by atoms with Gasteiger partial charge in [-0.3, -0.25) is 4.79 Å². The summed E-state index contributed by atoms with van der Waals surface area (Å²) in [5, 5.41) is 14.1. The predicted octanol–water partition coefficient (Wildman–Crippen LogP) is 2.83. The van der Waals surface area contributed by atoms with Crippen molar-refractivity contribution in [2.75, 3.05) is 13.1 Å². The van der Waals surface area contributed by atoms with Crippen molar-refractivity contribution in [3.63, 3.8) is 0 Å². The third-order valence-electron chi connectivity index (χ3n) is 5.36. The lowest BCUT2D eigenvalue weighted by atomic mass is 10.1. The highest BCUT2D eigenvalue weighted by Gasteiger charge is 2.19. The highest BCUT2D eigenvalue weighted by Crippen LogP contribution is 2.21. The fourth-order valence-electron chi connectivity index (χ4n) is 3.64. The van der Waals surface area contributed by atoms with Crippen molar-refractivity contribution in [3.8, 4) is 5.75 Å². The summed E-state index contributed by atoms with van der Waals surface area (Å²) in [4.78, 5) is 12.3. The lowest BCUT2D eigenvalue weighted by molar-refractivity contribution is 0.0953. The Hall–Kier alpha value is -3.19. The van der Waals surface area contributed by atoms with E-state index in [0.717, 1.165) is 25.8 Å². The average molecular weight is 406 g/mol. The standard InChI is InChI=1S/C23H26N4O3/c1-16-22(27-30-26-16)15-29-21-9-7-17(8-10-21)23(28)25-12-4-11-24-20-13-18-5-2-3-6-19(18)14-20/h2-3,5-10,20,24H,4,11-15H2,1H3,(H,25,28). The maximum Gasteiger partial charge on any atom is 0.251 e. The molecule has 0 spiro atoms. The van der Waals surface area contributed by atoms with E-state index >= 15 is 0 Å². The van der Waals surface area contributed by atoms with Crippen LogP contribution in [0, 0.1) is 6.92 Å². The number of nitrogens with zero attached hydrogens (tertiary/aromatic N) is 2. The summed E-state index contributed by atoms with van der Waals surface area (Å²) >= 11 is 0. The molecule has 0 atom stereocenters. The van der Waals surface area contributed by atoms with Crippen LogP contribution in [0.1, 0.15) is 39.3 Å². The lowest BCUT2D eigenvalue weighted by Gasteiger charge is -2.12. The molecule has 1 heterocycles. The molecule has 156 valence electrons. The first kappa shape index (κ1) is 20.1. The summed E-state index contributed by atoms with van der Waals surface area (Å²) in [5.74, 6) is 0.585. The molecular weight excluding hydrogens is 380 g/mol. The number of amides is 1. The van der Waals surface area contributed by atoms with E-state index in [2.05, 4.69) is 49.8 Å². The molecule has 1 aromatic heterocycles. The van der Waals surface area contributed by atoms with E-state index in [-0.39, 0.29) is 12.5 Å². The molecule has 7 heteroatoms. The second kappa shape index (κ2) is 9.54. The van der Waals surface area contributed by atoms with Crippen molar-refractivity contribution in [1.29, 1.82) is 0 Å². The van der Waals surface area contributed by atoms with Crippen LogP contribution in [0.5, 0.6) is 5.75 Å². The number of hydrogen-bond donors (Lipinski definition) is 2. The molecule has 1 aliphatic carbocycles. The number of nitrogens with one attached hydrogen (secondary N) is 2. The Labute approximate surface area is 175 Å². The molecule has 1 amide bonds. The molecule has 7 nitrogen and oxygen atoms in total. The van der Waals surface area contributed by atoms with E-state index in [1.807, 2.05) is 6.92 Å². The van der Waals surface area contributed by atoms with Crippen LogP contribution < -0.4 is 15.4 Å². The van der Waals surface area contributed by atoms with Gasteiger partial charge >= 0.3 is 0 Å². The van der Waals surface area contributed by atoms with Crippen LogP contribution in [-0.4, -0.2) is 35.4 Å². The van der Waals surface area contributed by atoms with Gasteiger partial charge in [-0.2, -0.15) is 0 Å². The molecule has 30 heavy (non-hydrogen) atoms. The number of hydrogen-bond acceptors (Lipinski definition) is 6. The molecule has 0 radical (unpaired) electrons. The number of aromatic nitrogens is 2. The largest absolute Gasteiger partial charge is 0.487 e. The Morgan fingerprint density at radius 2 is 1.80 bits per heavy atom. The highest BCUT2D eigenvalue weighted by atomic mass is 16.6. The second-order valence-electron chi connectivity index (χ2n) is 7.55. The van der Waals surface area contributed by atoms with Crippen molar-refractivity contribution < 1.29 is 14.2 Å². The summed E-state index contributed by atoms with van der Waals surface area (Å²) in [6.07, 6.45) is 3.07. The number of aryl methyl sites for hydroxylation is 1. The molecule has 2 N–H and O–H groups in total. The van der Waals surface area contributed by atoms with Gasteiger partial charge in [-0.05, 0) is 68.1 Å². The van der Waals surface area contributed by atoms with E-state index in [9.17, 15) is 4.79 Å². The predicted molar refractivity (Wildman–Crippen MR) is 112 cm³/mol. The lowest BCUT2D eigenvalue weighted by Crippen LogP contribution is -2.33. The van der Waals surface area contributed by atoms with Crippen LogP contribution in [0.4, 0.5) is 0 Å². The second-order valence-corrected chi connectivity index (χ2v) is 7.55. The van der Waals surface area contributed by atoms with Crippen LogP contribution in [-0.2, 0) is 19.4 Å². The van der Waals surface area contributed by atoms with Gasteiger partial charge in [-0.1, -0.05) is 34.6 Å². The Bertz CT molecular complexity index is 959. The molecule has 0 fully saturated rings. The van der Waals surface area contributed by atoms with E-state index < -0.39 is 0 Å². The quantitative estimate of drug-likeness (QED) is 0.531. The molecular formula is C23H26N4O3. The van der Waals surface area contributed by atoms with Crippen LogP contribution >= 0.6 is 0 Å². The number of carbonyl (C=O) groups is 1. The van der Waals surface area contributed by atoms with Gasteiger partial charge in [0.05, 0.1) is 0 Å². The van der Waals surface area contributed by atoms with E-state index in [1.54, 1.807) is 24.3 Å². The Morgan fingerprint density at radius 3 is 2.47 bits per heavy atom. The van der Waals surface area contributed by atoms with Crippen molar-refractivity contribution in [1.82, 2.24) is 20.9 Å². The number of fused-ring (bicyclic) bond motifs is 1. The third kappa shape index (κ3) is 5.04. The molecule has 1 aliphatic rings. The molecule has 2 aromatic carbocycles. The zero-order chi connectivity index (χ0) is 20.8.